The lowest BCUT2D eigenvalue weighted by molar-refractivity contribution is -0.133. The van der Waals surface area contributed by atoms with Crippen LogP contribution in [0.3, 0.4) is 0 Å². The van der Waals surface area contributed by atoms with Crippen molar-refractivity contribution in [2.24, 2.45) is 5.92 Å². The topological polar surface area (TPSA) is 26.8 Å². The third-order valence-corrected chi connectivity index (χ3v) is 5.94. The van der Waals surface area contributed by atoms with E-state index in [9.17, 15) is 4.79 Å². The van der Waals surface area contributed by atoms with Gasteiger partial charge in [0.1, 0.15) is 0 Å². The molecule has 128 valence electrons. The molecular weight excluding hydrogens is 306 g/mol. The second kappa shape index (κ2) is 8.27. The Morgan fingerprint density at radius 3 is 2.83 bits per heavy atom. The van der Waals surface area contributed by atoms with E-state index in [-0.39, 0.29) is 0 Å². The Kier molecular flexibility index (Phi) is 6.08. The minimum absolute atomic E-state index is 0.369. The SMILES string of the molecule is CN1CCN(C(=O)CCC2CCCN(Cc3ccsc3)C2)CC1. The van der Waals surface area contributed by atoms with Crippen molar-refractivity contribution in [2.45, 2.75) is 32.2 Å². The van der Waals surface area contributed by atoms with Crippen LogP contribution in [0.15, 0.2) is 16.8 Å². The van der Waals surface area contributed by atoms with Crippen molar-refractivity contribution in [2.75, 3.05) is 46.3 Å². The summed E-state index contributed by atoms with van der Waals surface area (Å²) < 4.78 is 0. The van der Waals surface area contributed by atoms with E-state index in [0.717, 1.165) is 52.1 Å². The van der Waals surface area contributed by atoms with Gasteiger partial charge in [-0.15, -0.1) is 0 Å². The molecule has 0 N–H and O–H groups in total. The molecule has 5 heteroatoms. The van der Waals surface area contributed by atoms with Gasteiger partial charge in [0, 0.05) is 45.7 Å². The van der Waals surface area contributed by atoms with Crippen molar-refractivity contribution in [3.8, 4) is 0 Å². The molecule has 0 bridgehead atoms. The van der Waals surface area contributed by atoms with Crippen LogP contribution >= 0.6 is 11.3 Å². The molecule has 0 saturated carbocycles. The third kappa shape index (κ3) is 5.03. The lowest BCUT2D eigenvalue weighted by Crippen LogP contribution is -2.47. The summed E-state index contributed by atoms with van der Waals surface area (Å²) in [5.41, 5.74) is 1.43. The monoisotopic (exact) mass is 335 g/mol. The molecule has 0 spiro atoms. The fourth-order valence-corrected chi connectivity index (χ4v) is 4.37. The lowest BCUT2D eigenvalue weighted by atomic mass is 9.93. The van der Waals surface area contributed by atoms with Gasteiger partial charge in [-0.1, -0.05) is 0 Å². The highest BCUT2D eigenvalue weighted by Gasteiger charge is 2.23. The molecule has 23 heavy (non-hydrogen) atoms. The fourth-order valence-electron chi connectivity index (χ4n) is 3.71. The van der Waals surface area contributed by atoms with Crippen molar-refractivity contribution < 1.29 is 4.79 Å². The van der Waals surface area contributed by atoms with Crippen LogP contribution in [-0.2, 0) is 11.3 Å². The molecule has 1 atom stereocenters. The van der Waals surface area contributed by atoms with E-state index in [0.29, 0.717) is 11.8 Å². The van der Waals surface area contributed by atoms with E-state index in [1.165, 1.54) is 24.9 Å². The summed E-state index contributed by atoms with van der Waals surface area (Å²) in [5.74, 6) is 1.06. The van der Waals surface area contributed by atoms with Crippen LogP contribution in [0.4, 0.5) is 0 Å². The van der Waals surface area contributed by atoms with Crippen LogP contribution < -0.4 is 0 Å². The Morgan fingerprint density at radius 2 is 2.09 bits per heavy atom. The summed E-state index contributed by atoms with van der Waals surface area (Å²) in [7, 11) is 2.13. The molecule has 2 aliphatic rings. The molecular formula is C18H29N3OS. The Balaban J connectivity index is 1.40. The average Bonchev–Trinajstić information content (AvgIpc) is 3.07. The molecule has 0 aliphatic carbocycles. The fraction of sp³-hybridized carbons (Fsp3) is 0.722. The number of nitrogens with zero attached hydrogens (tertiary/aromatic N) is 3. The van der Waals surface area contributed by atoms with E-state index in [4.69, 9.17) is 0 Å². The van der Waals surface area contributed by atoms with E-state index < -0.39 is 0 Å². The van der Waals surface area contributed by atoms with Gasteiger partial charge in [-0.2, -0.15) is 11.3 Å². The summed E-state index contributed by atoms with van der Waals surface area (Å²) in [6.45, 7) is 7.29. The molecule has 3 heterocycles. The van der Waals surface area contributed by atoms with Gasteiger partial charge in [0.15, 0.2) is 0 Å². The number of hydrogen-bond donors (Lipinski definition) is 0. The molecule has 2 aliphatic heterocycles. The van der Waals surface area contributed by atoms with E-state index in [1.54, 1.807) is 11.3 Å². The smallest absolute Gasteiger partial charge is 0.222 e. The van der Waals surface area contributed by atoms with Crippen molar-refractivity contribution in [1.29, 1.82) is 0 Å². The first-order valence-corrected chi connectivity index (χ1v) is 9.85. The summed E-state index contributed by atoms with van der Waals surface area (Å²) in [5, 5.41) is 4.41. The van der Waals surface area contributed by atoms with Crippen LogP contribution in [0.1, 0.15) is 31.2 Å². The third-order valence-electron chi connectivity index (χ3n) is 5.21. The lowest BCUT2D eigenvalue weighted by Gasteiger charge is -2.34. The summed E-state index contributed by atoms with van der Waals surface area (Å²) >= 11 is 1.78. The maximum absolute atomic E-state index is 12.4. The van der Waals surface area contributed by atoms with Crippen LogP contribution in [-0.4, -0.2) is 66.9 Å². The minimum Gasteiger partial charge on any atom is -0.340 e. The van der Waals surface area contributed by atoms with Crippen molar-refractivity contribution >= 4 is 17.2 Å². The molecule has 1 unspecified atom stereocenters. The highest BCUT2D eigenvalue weighted by molar-refractivity contribution is 7.07. The largest absolute Gasteiger partial charge is 0.340 e. The van der Waals surface area contributed by atoms with Crippen LogP contribution in [0.2, 0.25) is 0 Å². The molecule has 1 aromatic heterocycles. The first-order valence-electron chi connectivity index (χ1n) is 8.90. The maximum Gasteiger partial charge on any atom is 0.222 e. The van der Waals surface area contributed by atoms with E-state index in [2.05, 4.69) is 38.6 Å². The minimum atomic E-state index is 0.369. The predicted molar refractivity (Wildman–Crippen MR) is 95.6 cm³/mol. The van der Waals surface area contributed by atoms with E-state index >= 15 is 0 Å². The van der Waals surface area contributed by atoms with Gasteiger partial charge in [-0.25, -0.2) is 0 Å². The molecule has 4 nitrogen and oxygen atoms in total. The number of piperazine rings is 1. The van der Waals surface area contributed by atoms with Crippen LogP contribution in [0, 0.1) is 5.92 Å². The number of hydrogen-bond acceptors (Lipinski definition) is 4. The standard InChI is InChI=1S/C18H29N3OS/c1-19-8-10-21(11-9-19)18(22)5-4-16-3-2-7-20(13-16)14-17-6-12-23-15-17/h6,12,15-16H,2-5,7-11,13-14H2,1H3. The number of likely N-dealkylation sites (N-methyl/N-ethyl adjacent to an activating group) is 1. The number of carbonyl (C=O) groups excluding carboxylic acids is 1. The normalized spacial score (nSPS) is 24.0. The Labute approximate surface area is 144 Å². The Hall–Kier alpha value is -0.910. The number of likely N-dealkylation sites (tertiary alicyclic amines) is 1. The van der Waals surface area contributed by atoms with Gasteiger partial charge in [0.25, 0.3) is 0 Å². The molecule has 2 saturated heterocycles. The Bertz CT molecular complexity index is 482. The van der Waals surface area contributed by atoms with Crippen molar-refractivity contribution in [3.05, 3.63) is 22.4 Å². The second-order valence-corrected chi connectivity index (χ2v) is 7.88. The average molecular weight is 336 g/mol. The molecule has 0 radical (unpaired) electrons. The number of rotatable bonds is 5. The number of thiophene rings is 1. The molecule has 1 aromatic rings. The zero-order valence-corrected chi connectivity index (χ0v) is 15.1. The first kappa shape index (κ1) is 16.9. The summed E-state index contributed by atoms with van der Waals surface area (Å²) in [6.07, 6.45) is 4.36. The van der Waals surface area contributed by atoms with Gasteiger partial charge in [0.05, 0.1) is 0 Å². The molecule has 0 aromatic carbocycles. The highest BCUT2D eigenvalue weighted by Crippen LogP contribution is 2.23. The quantitative estimate of drug-likeness (QED) is 0.827. The molecule has 2 fully saturated rings. The van der Waals surface area contributed by atoms with Gasteiger partial charge in [-0.05, 0) is 61.2 Å². The second-order valence-electron chi connectivity index (χ2n) is 7.10. The summed E-state index contributed by atoms with van der Waals surface area (Å²) in [6, 6.07) is 2.23. The van der Waals surface area contributed by atoms with Gasteiger partial charge >= 0.3 is 0 Å². The highest BCUT2D eigenvalue weighted by atomic mass is 32.1. The number of carbonyl (C=O) groups is 1. The van der Waals surface area contributed by atoms with E-state index in [1.807, 2.05) is 0 Å². The predicted octanol–water partition coefficient (Wildman–Crippen LogP) is 2.51. The van der Waals surface area contributed by atoms with Crippen LogP contribution in [0.5, 0.6) is 0 Å². The first-order chi connectivity index (χ1) is 11.2. The maximum atomic E-state index is 12.4. The van der Waals surface area contributed by atoms with Crippen LogP contribution in [0.25, 0.3) is 0 Å². The zero-order chi connectivity index (χ0) is 16.1. The molecule has 3 rings (SSSR count). The summed E-state index contributed by atoms with van der Waals surface area (Å²) in [4.78, 5) is 19.3. The van der Waals surface area contributed by atoms with Crippen molar-refractivity contribution in [3.63, 3.8) is 0 Å². The van der Waals surface area contributed by atoms with Gasteiger partial charge in [0.2, 0.25) is 5.91 Å². The Morgan fingerprint density at radius 1 is 1.26 bits per heavy atom. The van der Waals surface area contributed by atoms with Crippen molar-refractivity contribution in [1.82, 2.24) is 14.7 Å². The van der Waals surface area contributed by atoms with Gasteiger partial charge < -0.3 is 9.80 Å². The number of piperidine rings is 1. The number of amides is 1. The zero-order valence-electron chi connectivity index (χ0n) is 14.2. The van der Waals surface area contributed by atoms with Gasteiger partial charge in [-0.3, -0.25) is 9.69 Å². The molecule has 1 amide bonds.